The molecule has 1 heterocycles. The highest BCUT2D eigenvalue weighted by molar-refractivity contribution is 6.04. The number of amides is 3. The van der Waals surface area contributed by atoms with Gasteiger partial charge in [-0.15, -0.1) is 0 Å². The number of carbonyl (C=O) groups excluding carboxylic acids is 2. The fraction of sp³-hybridized carbons (Fsp3) is 0.333. The van der Waals surface area contributed by atoms with Gasteiger partial charge in [-0.25, -0.2) is 4.79 Å². The fourth-order valence-electron chi connectivity index (χ4n) is 1.65. The van der Waals surface area contributed by atoms with Crippen molar-refractivity contribution in [1.82, 2.24) is 10.6 Å². The molecular formula is C12H14N2O4. The number of hydrogen-bond donors (Lipinski definition) is 2. The van der Waals surface area contributed by atoms with Crippen LogP contribution < -0.4 is 15.4 Å². The summed E-state index contributed by atoms with van der Waals surface area (Å²) in [7, 11) is 1.61. The maximum atomic E-state index is 11.4. The summed E-state index contributed by atoms with van der Waals surface area (Å²) in [4.78, 5) is 22.4. The van der Waals surface area contributed by atoms with Crippen LogP contribution >= 0.6 is 0 Å². The minimum absolute atomic E-state index is 0.340. The van der Waals surface area contributed by atoms with E-state index in [1.165, 1.54) is 0 Å². The third-order valence-electron chi connectivity index (χ3n) is 2.54. The molecule has 1 fully saturated rings. The Labute approximate surface area is 104 Å². The van der Waals surface area contributed by atoms with Crippen molar-refractivity contribution in [3.8, 4) is 5.75 Å². The Kier molecular flexibility index (Phi) is 3.78. The molecule has 3 amide bonds. The first-order valence-electron chi connectivity index (χ1n) is 5.54. The van der Waals surface area contributed by atoms with E-state index >= 15 is 0 Å². The summed E-state index contributed by atoms with van der Waals surface area (Å²) in [5.74, 6) is 0.355. The first-order valence-corrected chi connectivity index (χ1v) is 5.54. The van der Waals surface area contributed by atoms with Crippen LogP contribution in [0.5, 0.6) is 5.75 Å². The van der Waals surface area contributed by atoms with Gasteiger partial charge in [0.2, 0.25) is 0 Å². The van der Waals surface area contributed by atoms with Gasteiger partial charge in [-0.1, -0.05) is 12.1 Å². The molecule has 0 saturated carbocycles. The predicted octanol–water partition coefficient (Wildman–Crippen LogP) is 0.592. The number of rotatable bonds is 5. The van der Waals surface area contributed by atoms with Gasteiger partial charge < -0.3 is 14.8 Å². The number of imide groups is 1. The maximum Gasteiger partial charge on any atom is 0.322 e. The molecule has 0 aromatic heterocycles. The van der Waals surface area contributed by atoms with Gasteiger partial charge in [0, 0.05) is 7.11 Å². The Morgan fingerprint density at radius 3 is 2.44 bits per heavy atom. The molecule has 0 bridgehead atoms. The highest BCUT2D eigenvalue weighted by Crippen LogP contribution is 2.20. The molecule has 0 spiro atoms. The standard InChI is InChI=1S/C12H14N2O4/c1-17-6-7-18-9-4-2-8(3-5-9)10-11(15)14-12(16)13-10/h2-5,10H,6-7H2,1H3,(H2,13,14,15,16)/t10-/m1/s1. The number of methoxy groups -OCH3 is 1. The zero-order valence-electron chi connectivity index (χ0n) is 9.93. The highest BCUT2D eigenvalue weighted by atomic mass is 16.5. The van der Waals surface area contributed by atoms with Crippen LogP contribution in [-0.4, -0.2) is 32.3 Å². The molecule has 6 nitrogen and oxygen atoms in total. The minimum Gasteiger partial charge on any atom is -0.491 e. The third kappa shape index (κ3) is 2.78. The van der Waals surface area contributed by atoms with Crippen molar-refractivity contribution >= 4 is 11.9 Å². The quantitative estimate of drug-likeness (QED) is 0.592. The zero-order chi connectivity index (χ0) is 13.0. The molecule has 0 aliphatic carbocycles. The molecule has 1 aromatic rings. The Hall–Kier alpha value is -2.08. The molecule has 0 radical (unpaired) electrons. The Balaban J connectivity index is 1.99. The fourth-order valence-corrected chi connectivity index (χ4v) is 1.65. The van der Waals surface area contributed by atoms with Crippen molar-refractivity contribution in [2.75, 3.05) is 20.3 Å². The van der Waals surface area contributed by atoms with Crippen LogP contribution in [0.2, 0.25) is 0 Å². The Morgan fingerprint density at radius 1 is 1.17 bits per heavy atom. The van der Waals surface area contributed by atoms with Crippen LogP contribution in [0.25, 0.3) is 0 Å². The molecule has 1 saturated heterocycles. The van der Waals surface area contributed by atoms with Crippen molar-refractivity contribution in [2.24, 2.45) is 0 Å². The zero-order valence-corrected chi connectivity index (χ0v) is 9.93. The minimum atomic E-state index is -0.620. The number of benzene rings is 1. The highest BCUT2D eigenvalue weighted by Gasteiger charge is 2.30. The summed E-state index contributed by atoms with van der Waals surface area (Å²) < 4.78 is 10.3. The first kappa shape index (κ1) is 12.4. The summed E-state index contributed by atoms with van der Waals surface area (Å²) in [6, 6.07) is 5.91. The first-order chi connectivity index (χ1) is 8.70. The Bertz CT molecular complexity index is 444. The predicted molar refractivity (Wildman–Crippen MR) is 63.2 cm³/mol. The summed E-state index contributed by atoms with van der Waals surface area (Å²) in [6.45, 7) is 0.985. The second-order valence-corrected chi connectivity index (χ2v) is 3.81. The Morgan fingerprint density at radius 2 is 1.89 bits per heavy atom. The van der Waals surface area contributed by atoms with E-state index in [0.717, 1.165) is 5.56 Å². The number of urea groups is 1. The normalized spacial score (nSPS) is 18.4. The monoisotopic (exact) mass is 250 g/mol. The van der Waals surface area contributed by atoms with Crippen LogP contribution in [0.15, 0.2) is 24.3 Å². The summed E-state index contributed by atoms with van der Waals surface area (Å²) in [5.41, 5.74) is 0.720. The lowest BCUT2D eigenvalue weighted by Gasteiger charge is -2.09. The smallest absolute Gasteiger partial charge is 0.322 e. The third-order valence-corrected chi connectivity index (χ3v) is 2.54. The largest absolute Gasteiger partial charge is 0.491 e. The van der Waals surface area contributed by atoms with E-state index in [-0.39, 0.29) is 5.91 Å². The van der Waals surface area contributed by atoms with Crippen LogP contribution in [0, 0.1) is 0 Å². The molecular weight excluding hydrogens is 236 g/mol. The van der Waals surface area contributed by atoms with Crippen molar-refractivity contribution < 1.29 is 19.1 Å². The molecule has 1 aliphatic heterocycles. The lowest BCUT2D eigenvalue weighted by Crippen LogP contribution is -2.22. The number of ether oxygens (including phenoxy) is 2. The van der Waals surface area contributed by atoms with Crippen LogP contribution in [0.3, 0.4) is 0 Å². The lowest BCUT2D eigenvalue weighted by molar-refractivity contribution is -0.120. The molecule has 0 unspecified atom stereocenters. The molecule has 1 atom stereocenters. The number of hydrogen-bond acceptors (Lipinski definition) is 4. The number of nitrogens with one attached hydrogen (secondary N) is 2. The molecule has 6 heteroatoms. The van der Waals surface area contributed by atoms with Crippen molar-refractivity contribution in [1.29, 1.82) is 0 Å². The SMILES string of the molecule is COCCOc1ccc([C@H]2NC(=O)NC2=O)cc1. The molecule has 96 valence electrons. The molecule has 1 aliphatic rings. The lowest BCUT2D eigenvalue weighted by atomic mass is 10.1. The average Bonchev–Trinajstić information content (AvgIpc) is 2.70. The van der Waals surface area contributed by atoms with E-state index in [1.807, 2.05) is 0 Å². The topological polar surface area (TPSA) is 76.7 Å². The van der Waals surface area contributed by atoms with Crippen molar-refractivity contribution in [3.05, 3.63) is 29.8 Å². The van der Waals surface area contributed by atoms with E-state index < -0.39 is 12.1 Å². The summed E-state index contributed by atoms with van der Waals surface area (Å²) in [5, 5.41) is 4.72. The van der Waals surface area contributed by atoms with Gasteiger partial charge in [0.15, 0.2) is 0 Å². The molecule has 2 rings (SSSR count). The van der Waals surface area contributed by atoms with Gasteiger partial charge in [-0.3, -0.25) is 10.1 Å². The van der Waals surface area contributed by atoms with E-state index in [1.54, 1.807) is 31.4 Å². The molecule has 18 heavy (non-hydrogen) atoms. The van der Waals surface area contributed by atoms with Crippen molar-refractivity contribution in [3.63, 3.8) is 0 Å². The summed E-state index contributed by atoms with van der Waals surface area (Å²) in [6.07, 6.45) is 0. The van der Waals surface area contributed by atoms with Crippen LogP contribution in [0.1, 0.15) is 11.6 Å². The van der Waals surface area contributed by atoms with Crippen molar-refractivity contribution in [2.45, 2.75) is 6.04 Å². The van der Waals surface area contributed by atoms with Gasteiger partial charge in [0.1, 0.15) is 18.4 Å². The average molecular weight is 250 g/mol. The van der Waals surface area contributed by atoms with E-state index in [4.69, 9.17) is 9.47 Å². The van der Waals surface area contributed by atoms with Gasteiger partial charge in [0.05, 0.1) is 6.61 Å². The molecule has 1 aromatic carbocycles. The second-order valence-electron chi connectivity index (χ2n) is 3.81. The van der Waals surface area contributed by atoms with E-state index in [2.05, 4.69) is 10.6 Å². The van der Waals surface area contributed by atoms with Gasteiger partial charge in [-0.05, 0) is 17.7 Å². The number of carbonyl (C=O) groups is 2. The van der Waals surface area contributed by atoms with Gasteiger partial charge >= 0.3 is 6.03 Å². The molecule has 2 N–H and O–H groups in total. The van der Waals surface area contributed by atoms with E-state index in [9.17, 15) is 9.59 Å². The van der Waals surface area contributed by atoms with Gasteiger partial charge in [-0.2, -0.15) is 0 Å². The van der Waals surface area contributed by atoms with Crippen LogP contribution in [0.4, 0.5) is 4.79 Å². The van der Waals surface area contributed by atoms with Gasteiger partial charge in [0.25, 0.3) is 5.91 Å². The second kappa shape index (κ2) is 5.50. The maximum absolute atomic E-state index is 11.4. The summed E-state index contributed by atoms with van der Waals surface area (Å²) >= 11 is 0. The van der Waals surface area contributed by atoms with E-state index in [0.29, 0.717) is 19.0 Å². The van der Waals surface area contributed by atoms with Crippen LogP contribution in [-0.2, 0) is 9.53 Å².